The van der Waals surface area contributed by atoms with Gasteiger partial charge < -0.3 is 32.2 Å². The molecular formula is C38H53F3N8O2. The Morgan fingerprint density at radius 1 is 1.00 bits per heavy atom. The third kappa shape index (κ3) is 11.9. The zero-order valence-corrected chi connectivity index (χ0v) is 30.6. The average molecular weight is 711 g/mol. The maximum absolute atomic E-state index is 12.5. The van der Waals surface area contributed by atoms with Crippen LogP contribution in [0.4, 0.5) is 13.2 Å². The van der Waals surface area contributed by atoms with Crippen LogP contribution in [0.5, 0.6) is 5.75 Å². The molecule has 2 heterocycles. The van der Waals surface area contributed by atoms with E-state index in [2.05, 4.69) is 51.9 Å². The molecule has 278 valence electrons. The maximum Gasteiger partial charge on any atom is 0.573 e. The van der Waals surface area contributed by atoms with Gasteiger partial charge in [-0.25, -0.2) is 4.79 Å². The molecule has 0 unspecified atom stereocenters. The Balaban J connectivity index is 0.000000238. The third-order valence-electron chi connectivity index (χ3n) is 9.07. The van der Waals surface area contributed by atoms with Crippen LogP contribution in [-0.4, -0.2) is 46.5 Å². The number of nitrogens with zero attached hydrogens (tertiary/aromatic N) is 3. The van der Waals surface area contributed by atoms with Gasteiger partial charge in [0.1, 0.15) is 11.4 Å². The molecule has 1 saturated carbocycles. The van der Waals surface area contributed by atoms with Gasteiger partial charge in [0, 0.05) is 35.8 Å². The Morgan fingerprint density at radius 3 is 2.25 bits per heavy atom. The molecule has 1 fully saturated rings. The lowest BCUT2D eigenvalue weighted by Crippen LogP contribution is -2.23. The molecule has 10 nitrogen and oxygen atoms in total. The quantitative estimate of drug-likeness (QED) is 0.0653. The molecule has 4 aromatic rings. The number of nitrogens with one attached hydrogen (secondary N) is 2. The molecule has 13 heteroatoms. The number of guanidine groups is 1. The number of hydrogen-bond donors (Lipinski definition) is 5. The largest absolute Gasteiger partial charge is 0.573 e. The molecule has 51 heavy (non-hydrogen) atoms. The fraction of sp³-hybridized carbons (Fsp3) is 0.500. The van der Waals surface area contributed by atoms with Crippen LogP contribution in [-0.2, 0) is 23.8 Å². The van der Waals surface area contributed by atoms with E-state index in [4.69, 9.17) is 17.2 Å². The number of fused-ring (bicyclic) bond motifs is 1. The van der Waals surface area contributed by atoms with Crippen molar-refractivity contribution in [2.75, 3.05) is 19.6 Å². The van der Waals surface area contributed by atoms with Crippen LogP contribution in [0.2, 0.25) is 0 Å². The SMILES string of the molecule is CC(C)(C)c1cc(CCC2(CN)CC2)cc(OC(F)(F)F)c1.CC(C)(C)c1cc2cn(-c3ccc(CNCCCN=C(N)N)cc3)c(=O)nc2[nH]1. The average Bonchev–Trinajstić information content (AvgIpc) is 3.69. The number of alkyl halides is 3. The van der Waals surface area contributed by atoms with E-state index in [1.165, 1.54) is 12.1 Å². The lowest BCUT2D eigenvalue weighted by atomic mass is 9.85. The van der Waals surface area contributed by atoms with Gasteiger partial charge in [0.2, 0.25) is 0 Å². The monoisotopic (exact) mass is 710 g/mol. The Hall–Kier alpha value is -4.36. The van der Waals surface area contributed by atoms with Crippen LogP contribution in [0.3, 0.4) is 0 Å². The molecule has 0 bridgehead atoms. The van der Waals surface area contributed by atoms with E-state index in [-0.39, 0.29) is 33.6 Å². The molecule has 0 radical (unpaired) electrons. The van der Waals surface area contributed by atoms with Crippen LogP contribution in [0.15, 0.2) is 64.5 Å². The summed E-state index contributed by atoms with van der Waals surface area (Å²) in [5, 5.41) is 4.27. The number of hydrogen-bond acceptors (Lipinski definition) is 6. The van der Waals surface area contributed by atoms with E-state index in [9.17, 15) is 18.0 Å². The second-order valence-corrected chi connectivity index (χ2v) is 15.5. The first-order chi connectivity index (χ1) is 23.8. The van der Waals surface area contributed by atoms with E-state index in [1.807, 2.05) is 57.3 Å². The number of halogens is 3. The number of aromatic nitrogens is 3. The maximum atomic E-state index is 12.5. The van der Waals surface area contributed by atoms with Gasteiger partial charge in [0.15, 0.2) is 5.96 Å². The first-order valence-electron chi connectivity index (χ1n) is 17.4. The van der Waals surface area contributed by atoms with Crippen LogP contribution in [0.1, 0.15) is 89.6 Å². The summed E-state index contributed by atoms with van der Waals surface area (Å²) in [6.45, 7) is 15.1. The highest BCUT2D eigenvalue weighted by atomic mass is 19.4. The van der Waals surface area contributed by atoms with Gasteiger partial charge in [0.05, 0.1) is 5.69 Å². The smallest absolute Gasteiger partial charge is 0.406 e. The summed E-state index contributed by atoms with van der Waals surface area (Å²) in [6, 6.07) is 14.9. The summed E-state index contributed by atoms with van der Waals surface area (Å²) in [4.78, 5) is 23.9. The predicted molar refractivity (Wildman–Crippen MR) is 198 cm³/mol. The van der Waals surface area contributed by atoms with Crippen molar-refractivity contribution < 1.29 is 17.9 Å². The third-order valence-corrected chi connectivity index (χ3v) is 9.07. The van der Waals surface area contributed by atoms with Gasteiger partial charge in [-0.2, -0.15) is 4.98 Å². The predicted octanol–water partition coefficient (Wildman–Crippen LogP) is 6.32. The molecule has 5 rings (SSSR count). The minimum absolute atomic E-state index is 0.0352. The Labute approximate surface area is 298 Å². The molecule has 0 aliphatic heterocycles. The first kappa shape index (κ1) is 39.4. The van der Waals surface area contributed by atoms with Crippen molar-refractivity contribution >= 4 is 17.0 Å². The fourth-order valence-electron chi connectivity index (χ4n) is 5.58. The van der Waals surface area contributed by atoms with Crippen LogP contribution in [0.25, 0.3) is 16.7 Å². The van der Waals surface area contributed by atoms with Crippen molar-refractivity contribution in [3.63, 3.8) is 0 Å². The van der Waals surface area contributed by atoms with Gasteiger partial charge in [-0.3, -0.25) is 9.56 Å². The Morgan fingerprint density at radius 2 is 1.69 bits per heavy atom. The number of aliphatic imine (C=N–C) groups is 1. The standard InChI is InChI=1S/C21H29N7O.C17H24F3NO/c1-21(2,3)17-11-15-13-28(20(29)27-18(15)26-17)16-7-5-14(6-8-16)12-24-9-4-10-25-19(22)23;1-15(2,3)13-8-12(4-5-16(11-21)6-7-16)9-14(10-13)22-17(18,19)20/h5-8,11,13,24H,4,9-10,12H2,1-3H3,(H4,22,23,25)(H,26,27,29);8-10H,4-7,11,21H2,1-3H3. The van der Waals surface area contributed by atoms with Crippen molar-refractivity contribution in [1.29, 1.82) is 0 Å². The normalized spacial score (nSPS) is 14.2. The fourth-order valence-corrected chi connectivity index (χ4v) is 5.58. The van der Waals surface area contributed by atoms with Gasteiger partial charge in [-0.15, -0.1) is 13.2 Å². The molecule has 2 aromatic heterocycles. The summed E-state index contributed by atoms with van der Waals surface area (Å²) in [5.41, 5.74) is 21.3. The van der Waals surface area contributed by atoms with E-state index in [0.29, 0.717) is 18.7 Å². The minimum Gasteiger partial charge on any atom is -0.406 e. The number of rotatable bonds is 12. The van der Waals surface area contributed by atoms with Crippen molar-refractivity contribution in [2.24, 2.45) is 27.6 Å². The summed E-state index contributed by atoms with van der Waals surface area (Å²) in [7, 11) is 0. The number of aryl methyl sites for hydroxylation is 1. The molecule has 0 spiro atoms. The molecule has 1 aliphatic rings. The van der Waals surface area contributed by atoms with Gasteiger partial charge in [-0.1, -0.05) is 59.7 Å². The van der Waals surface area contributed by atoms with Gasteiger partial charge in [-0.05, 0) is 103 Å². The molecule has 2 aromatic carbocycles. The highest BCUT2D eigenvalue weighted by molar-refractivity contribution is 5.76. The van der Waals surface area contributed by atoms with Crippen LogP contribution < -0.4 is 32.9 Å². The van der Waals surface area contributed by atoms with Crippen molar-refractivity contribution in [2.45, 2.75) is 97.4 Å². The highest BCUT2D eigenvalue weighted by Crippen LogP contribution is 2.48. The van der Waals surface area contributed by atoms with Crippen LogP contribution >= 0.6 is 0 Å². The van der Waals surface area contributed by atoms with E-state index >= 15 is 0 Å². The zero-order valence-electron chi connectivity index (χ0n) is 30.6. The Kier molecular flexibility index (Phi) is 12.3. The van der Waals surface area contributed by atoms with Crippen LogP contribution in [0, 0.1) is 5.41 Å². The van der Waals surface area contributed by atoms with Gasteiger partial charge in [0.25, 0.3) is 0 Å². The summed E-state index contributed by atoms with van der Waals surface area (Å²) in [6.07, 6.45) is 1.93. The number of nitrogens with two attached hydrogens (primary N) is 3. The number of ether oxygens (including phenoxy) is 1. The topological polar surface area (TPSA) is 162 Å². The molecule has 1 aliphatic carbocycles. The summed E-state index contributed by atoms with van der Waals surface area (Å²) >= 11 is 0. The minimum atomic E-state index is -4.66. The van der Waals surface area contributed by atoms with Crippen molar-refractivity contribution in [1.82, 2.24) is 19.9 Å². The molecule has 0 saturated heterocycles. The number of benzene rings is 2. The highest BCUT2D eigenvalue weighted by Gasteiger charge is 2.40. The van der Waals surface area contributed by atoms with E-state index < -0.39 is 6.36 Å². The summed E-state index contributed by atoms with van der Waals surface area (Å²) in [5.74, 6) is -0.00898. The van der Waals surface area contributed by atoms with Crippen molar-refractivity contribution in [3.05, 3.63) is 87.6 Å². The molecule has 0 amide bonds. The van der Waals surface area contributed by atoms with Crippen molar-refractivity contribution in [3.8, 4) is 11.4 Å². The lowest BCUT2D eigenvalue weighted by molar-refractivity contribution is -0.274. The molecular weight excluding hydrogens is 657 g/mol. The second kappa shape index (κ2) is 15.9. The summed E-state index contributed by atoms with van der Waals surface area (Å²) < 4.78 is 43.2. The van der Waals surface area contributed by atoms with Gasteiger partial charge >= 0.3 is 12.1 Å². The molecule has 8 N–H and O–H groups in total. The number of H-pyrrole nitrogens is 1. The molecule has 0 atom stereocenters. The van der Waals surface area contributed by atoms with E-state index in [1.54, 1.807) is 4.57 Å². The lowest BCUT2D eigenvalue weighted by Gasteiger charge is -2.22. The zero-order chi connectivity index (χ0) is 37.6. The second-order valence-electron chi connectivity index (χ2n) is 15.5. The number of aromatic amines is 1. The first-order valence-corrected chi connectivity index (χ1v) is 17.4. The Bertz CT molecular complexity index is 1840. The van der Waals surface area contributed by atoms with E-state index in [0.717, 1.165) is 78.7 Å².